The maximum atomic E-state index is 12.4. The van der Waals surface area contributed by atoms with Gasteiger partial charge in [-0.1, -0.05) is 30.3 Å². The van der Waals surface area contributed by atoms with Crippen molar-refractivity contribution in [1.82, 2.24) is 20.1 Å². The van der Waals surface area contributed by atoms with E-state index in [-0.39, 0.29) is 11.9 Å². The van der Waals surface area contributed by atoms with Crippen LogP contribution in [0.3, 0.4) is 0 Å². The monoisotopic (exact) mass is 348 g/mol. The largest absolute Gasteiger partial charge is 0.350 e. The molecule has 0 saturated heterocycles. The Bertz CT molecular complexity index is 869. The predicted molar refractivity (Wildman–Crippen MR) is 103 cm³/mol. The normalized spacial score (nSPS) is 12.0. The highest BCUT2D eigenvalue weighted by Gasteiger charge is 2.11. The number of pyridine rings is 1. The highest BCUT2D eigenvalue weighted by atomic mass is 16.1. The molecule has 1 atom stereocenters. The molecule has 2 heterocycles. The molecule has 3 rings (SSSR count). The van der Waals surface area contributed by atoms with Gasteiger partial charge < -0.3 is 5.32 Å². The van der Waals surface area contributed by atoms with Gasteiger partial charge >= 0.3 is 0 Å². The van der Waals surface area contributed by atoms with Gasteiger partial charge in [0.25, 0.3) is 5.91 Å². The zero-order valence-corrected chi connectivity index (χ0v) is 15.4. The van der Waals surface area contributed by atoms with Crippen LogP contribution in [0.4, 0.5) is 0 Å². The second kappa shape index (κ2) is 7.95. The Morgan fingerprint density at radius 1 is 1.15 bits per heavy atom. The molecular formula is C21H24N4O. The number of amides is 1. The van der Waals surface area contributed by atoms with Gasteiger partial charge in [0, 0.05) is 17.9 Å². The maximum Gasteiger partial charge on any atom is 0.253 e. The van der Waals surface area contributed by atoms with Crippen molar-refractivity contribution in [3.8, 4) is 5.82 Å². The average Bonchev–Trinajstić information content (AvgIpc) is 2.99. The van der Waals surface area contributed by atoms with E-state index in [0.29, 0.717) is 11.4 Å². The third-order valence-electron chi connectivity index (χ3n) is 4.32. The Labute approximate surface area is 154 Å². The minimum atomic E-state index is -0.0991. The van der Waals surface area contributed by atoms with E-state index in [4.69, 9.17) is 0 Å². The van der Waals surface area contributed by atoms with E-state index < -0.39 is 0 Å². The molecule has 1 N–H and O–H groups in total. The lowest BCUT2D eigenvalue weighted by molar-refractivity contribution is 0.0938. The molecule has 0 unspecified atom stereocenters. The van der Waals surface area contributed by atoms with Crippen LogP contribution in [0.1, 0.15) is 40.7 Å². The van der Waals surface area contributed by atoms with E-state index >= 15 is 0 Å². The van der Waals surface area contributed by atoms with Crippen LogP contribution in [0.15, 0.2) is 54.7 Å². The topological polar surface area (TPSA) is 59.8 Å². The van der Waals surface area contributed by atoms with Crippen molar-refractivity contribution < 1.29 is 4.79 Å². The molecule has 5 heteroatoms. The molecule has 0 aliphatic heterocycles. The van der Waals surface area contributed by atoms with Crippen LogP contribution in [-0.4, -0.2) is 26.7 Å². The Morgan fingerprint density at radius 3 is 2.54 bits per heavy atom. The van der Waals surface area contributed by atoms with Crippen molar-refractivity contribution in [2.24, 2.45) is 0 Å². The lowest BCUT2D eigenvalue weighted by Crippen LogP contribution is -2.33. The van der Waals surface area contributed by atoms with E-state index in [1.807, 2.05) is 51.1 Å². The molecule has 1 aromatic carbocycles. The fourth-order valence-corrected chi connectivity index (χ4v) is 2.91. The van der Waals surface area contributed by atoms with E-state index in [1.54, 1.807) is 16.9 Å². The van der Waals surface area contributed by atoms with Crippen molar-refractivity contribution in [2.75, 3.05) is 0 Å². The van der Waals surface area contributed by atoms with Crippen LogP contribution in [0.25, 0.3) is 5.82 Å². The second-order valence-electron chi connectivity index (χ2n) is 6.64. The summed E-state index contributed by atoms with van der Waals surface area (Å²) in [5.74, 6) is 0.613. The highest BCUT2D eigenvalue weighted by molar-refractivity contribution is 5.94. The van der Waals surface area contributed by atoms with Gasteiger partial charge in [-0.25, -0.2) is 9.67 Å². The number of aryl methyl sites for hydroxylation is 3. The number of nitrogens with zero attached hydrogens (tertiary/aromatic N) is 3. The summed E-state index contributed by atoms with van der Waals surface area (Å²) in [4.78, 5) is 16.8. The molecule has 0 saturated carbocycles. The summed E-state index contributed by atoms with van der Waals surface area (Å²) in [6, 6.07) is 16.0. The first-order valence-corrected chi connectivity index (χ1v) is 8.87. The van der Waals surface area contributed by atoms with Crippen LogP contribution in [0, 0.1) is 13.8 Å². The third kappa shape index (κ3) is 4.36. The van der Waals surface area contributed by atoms with E-state index in [2.05, 4.69) is 27.5 Å². The predicted octanol–water partition coefficient (Wildman–Crippen LogP) is 3.64. The van der Waals surface area contributed by atoms with E-state index in [0.717, 1.165) is 24.2 Å². The van der Waals surface area contributed by atoms with Gasteiger partial charge in [-0.3, -0.25) is 4.79 Å². The number of carbonyl (C=O) groups is 1. The fourth-order valence-electron chi connectivity index (χ4n) is 2.91. The average molecular weight is 348 g/mol. The molecule has 26 heavy (non-hydrogen) atoms. The van der Waals surface area contributed by atoms with Crippen LogP contribution < -0.4 is 5.32 Å². The first-order chi connectivity index (χ1) is 12.5. The quantitative estimate of drug-likeness (QED) is 0.740. The van der Waals surface area contributed by atoms with Crippen molar-refractivity contribution in [1.29, 1.82) is 0 Å². The lowest BCUT2D eigenvalue weighted by atomic mass is 10.1. The van der Waals surface area contributed by atoms with Crippen LogP contribution in [-0.2, 0) is 6.42 Å². The van der Waals surface area contributed by atoms with Crippen LogP contribution >= 0.6 is 0 Å². The number of nitrogens with one attached hydrogen (secondary N) is 1. The van der Waals surface area contributed by atoms with Gasteiger partial charge in [-0.2, -0.15) is 5.10 Å². The summed E-state index contributed by atoms with van der Waals surface area (Å²) in [7, 11) is 0. The zero-order chi connectivity index (χ0) is 18.5. The summed E-state index contributed by atoms with van der Waals surface area (Å²) in [6.07, 6.45) is 3.44. The van der Waals surface area contributed by atoms with Crippen molar-refractivity contribution in [3.05, 3.63) is 77.2 Å². The van der Waals surface area contributed by atoms with Crippen molar-refractivity contribution >= 4 is 5.91 Å². The van der Waals surface area contributed by atoms with Crippen LogP contribution in [0.5, 0.6) is 0 Å². The first kappa shape index (κ1) is 17.9. The number of aromatic nitrogens is 3. The van der Waals surface area contributed by atoms with Gasteiger partial charge in [0.05, 0.1) is 11.3 Å². The van der Waals surface area contributed by atoms with E-state index in [1.165, 1.54) is 5.56 Å². The van der Waals surface area contributed by atoms with Gasteiger partial charge in [0.1, 0.15) is 0 Å². The number of hydrogen-bond acceptors (Lipinski definition) is 3. The SMILES string of the molecule is Cc1cc(C)n(-c2ccc(C(=O)N[C@@H](C)CCc3ccccc3)cn2)n1. The summed E-state index contributed by atoms with van der Waals surface area (Å²) < 4.78 is 1.78. The summed E-state index contributed by atoms with van der Waals surface area (Å²) in [5.41, 5.74) is 3.80. The van der Waals surface area contributed by atoms with Gasteiger partial charge in [0.2, 0.25) is 0 Å². The number of carbonyl (C=O) groups excluding carboxylic acids is 1. The summed E-state index contributed by atoms with van der Waals surface area (Å²) in [5, 5.41) is 7.45. The summed E-state index contributed by atoms with van der Waals surface area (Å²) >= 11 is 0. The molecule has 134 valence electrons. The van der Waals surface area contributed by atoms with Gasteiger partial charge in [-0.15, -0.1) is 0 Å². The minimum absolute atomic E-state index is 0.0957. The Kier molecular flexibility index (Phi) is 5.46. The molecule has 3 aromatic rings. The second-order valence-corrected chi connectivity index (χ2v) is 6.64. The molecule has 0 fully saturated rings. The Balaban J connectivity index is 1.58. The van der Waals surface area contributed by atoms with Crippen molar-refractivity contribution in [3.63, 3.8) is 0 Å². The maximum absolute atomic E-state index is 12.4. The fraction of sp³-hybridized carbons (Fsp3) is 0.286. The van der Waals surface area contributed by atoms with Gasteiger partial charge in [-0.05, 0) is 57.4 Å². The van der Waals surface area contributed by atoms with Crippen molar-refractivity contribution in [2.45, 2.75) is 39.7 Å². The number of rotatable bonds is 6. The smallest absolute Gasteiger partial charge is 0.253 e. The molecule has 1 amide bonds. The number of benzene rings is 1. The first-order valence-electron chi connectivity index (χ1n) is 8.87. The minimum Gasteiger partial charge on any atom is -0.350 e. The molecule has 0 spiro atoms. The van der Waals surface area contributed by atoms with Crippen LogP contribution in [0.2, 0.25) is 0 Å². The van der Waals surface area contributed by atoms with E-state index in [9.17, 15) is 4.79 Å². The Morgan fingerprint density at radius 2 is 1.92 bits per heavy atom. The molecule has 0 aliphatic carbocycles. The molecular weight excluding hydrogens is 324 g/mol. The Hall–Kier alpha value is -2.95. The molecule has 0 radical (unpaired) electrons. The zero-order valence-electron chi connectivity index (χ0n) is 15.4. The third-order valence-corrected chi connectivity index (χ3v) is 4.32. The molecule has 0 bridgehead atoms. The van der Waals surface area contributed by atoms with Gasteiger partial charge in [0.15, 0.2) is 5.82 Å². The molecule has 2 aromatic heterocycles. The number of hydrogen-bond donors (Lipinski definition) is 1. The molecule has 0 aliphatic rings. The lowest BCUT2D eigenvalue weighted by Gasteiger charge is -2.14. The highest BCUT2D eigenvalue weighted by Crippen LogP contribution is 2.11. The standard InChI is InChI=1S/C21H24N4O/c1-15(9-10-18-7-5-4-6-8-18)23-21(26)19-11-12-20(22-14-19)25-17(3)13-16(2)24-25/h4-8,11-15H,9-10H2,1-3H3,(H,23,26)/t15-/m0/s1. The summed E-state index contributed by atoms with van der Waals surface area (Å²) in [6.45, 7) is 5.96. The molecule has 5 nitrogen and oxygen atoms in total.